The summed E-state index contributed by atoms with van der Waals surface area (Å²) >= 11 is 3.22. The summed E-state index contributed by atoms with van der Waals surface area (Å²) in [6, 6.07) is -1.51. The summed E-state index contributed by atoms with van der Waals surface area (Å²) < 4.78 is 0. The van der Waals surface area contributed by atoms with E-state index in [0.717, 1.165) is 4.90 Å². The van der Waals surface area contributed by atoms with Crippen LogP contribution in [0.5, 0.6) is 0 Å². The zero-order chi connectivity index (χ0) is 17.6. The molecule has 1 heterocycles. The van der Waals surface area contributed by atoms with Gasteiger partial charge in [-0.1, -0.05) is 57.5 Å². The van der Waals surface area contributed by atoms with E-state index < -0.39 is 22.3 Å². The van der Waals surface area contributed by atoms with Crippen LogP contribution in [-0.2, 0) is 9.59 Å². The van der Waals surface area contributed by atoms with E-state index in [9.17, 15) is 14.4 Å². The lowest BCUT2D eigenvalue weighted by Crippen LogP contribution is -2.54. The van der Waals surface area contributed by atoms with Crippen molar-refractivity contribution < 1.29 is 14.4 Å². The number of halogens is 1. The molecule has 1 aliphatic rings. The van der Waals surface area contributed by atoms with Crippen LogP contribution in [0.2, 0.25) is 0 Å². The Bertz CT molecular complexity index is 489. The maximum absolute atomic E-state index is 13.0. The van der Waals surface area contributed by atoms with Crippen LogP contribution in [0.1, 0.15) is 48.5 Å². The Kier molecular flexibility index (Phi) is 5.17. The monoisotopic (exact) mass is 374 g/mol. The van der Waals surface area contributed by atoms with Crippen molar-refractivity contribution in [2.75, 3.05) is 7.05 Å². The number of hydrogen-bond acceptors (Lipinski definition) is 3. The van der Waals surface area contributed by atoms with Crippen LogP contribution < -0.4 is 0 Å². The Morgan fingerprint density at radius 1 is 1.14 bits per heavy atom. The van der Waals surface area contributed by atoms with Crippen LogP contribution >= 0.6 is 15.9 Å². The first kappa shape index (κ1) is 19.1. The van der Waals surface area contributed by atoms with Crippen molar-refractivity contribution >= 4 is 33.7 Å². The number of ketones is 1. The molecule has 0 radical (unpaired) electrons. The third kappa shape index (κ3) is 3.36. The van der Waals surface area contributed by atoms with Gasteiger partial charge in [0.05, 0.1) is 10.9 Å². The minimum Gasteiger partial charge on any atom is -0.321 e. The SMILES string of the molecule is CC(Br)C(=O)N1C(=O)N(C)[C@@H](C(C)(C)C)[C@H]1C(=O)C(C)(C)C. The molecule has 3 atom stereocenters. The minimum atomic E-state index is -0.759. The summed E-state index contributed by atoms with van der Waals surface area (Å²) in [6.45, 7) is 13.1. The highest BCUT2D eigenvalue weighted by Crippen LogP contribution is 2.38. The number of likely N-dealkylation sites (N-methyl/N-ethyl adjacent to an activating group) is 1. The van der Waals surface area contributed by atoms with Gasteiger partial charge in [0.25, 0.3) is 0 Å². The molecule has 126 valence electrons. The molecule has 0 aromatic rings. The quantitative estimate of drug-likeness (QED) is 0.697. The Labute approximate surface area is 141 Å². The molecule has 0 saturated carbocycles. The minimum absolute atomic E-state index is 0.0911. The Balaban J connectivity index is 3.45. The Morgan fingerprint density at radius 3 is 1.91 bits per heavy atom. The molecule has 6 heteroatoms. The van der Waals surface area contributed by atoms with Crippen LogP contribution in [0.3, 0.4) is 0 Å². The van der Waals surface area contributed by atoms with Gasteiger partial charge in [-0.25, -0.2) is 4.79 Å². The topological polar surface area (TPSA) is 57.7 Å². The van der Waals surface area contributed by atoms with E-state index in [2.05, 4.69) is 15.9 Å². The Morgan fingerprint density at radius 2 is 1.59 bits per heavy atom. The second kappa shape index (κ2) is 5.95. The molecule has 1 saturated heterocycles. The number of carbonyl (C=O) groups excluding carboxylic acids is 3. The lowest BCUT2D eigenvalue weighted by molar-refractivity contribution is -0.139. The number of urea groups is 1. The van der Waals surface area contributed by atoms with Crippen LogP contribution in [0.15, 0.2) is 0 Å². The van der Waals surface area contributed by atoms with Gasteiger partial charge in [0.1, 0.15) is 6.04 Å². The second-order valence-corrected chi connectivity index (χ2v) is 9.46. The van der Waals surface area contributed by atoms with Gasteiger partial charge in [0, 0.05) is 12.5 Å². The van der Waals surface area contributed by atoms with Crippen molar-refractivity contribution in [3.8, 4) is 0 Å². The standard InChI is InChI=1S/C16H27BrN2O3/c1-9(17)13(21)19-10(12(20)16(5,6)7)11(15(2,3)4)18(8)14(19)22/h9-11H,1-8H3/t9?,10-,11+/m0/s1. The van der Waals surface area contributed by atoms with E-state index >= 15 is 0 Å². The fourth-order valence-corrected chi connectivity index (χ4v) is 3.16. The number of imide groups is 1. The number of Topliss-reactive ketones (excluding diaryl/α,β-unsaturated/α-hetero) is 1. The molecule has 3 amide bonds. The molecule has 1 fully saturated rings. The van der Waals surface area contributed by atoms with Crippen molar-refractivity contribution in [3.63, 3.8) is 0 Å². The fraction of sp³-hybridized carbons (Fsp3) is 0.812. The zero-order valence-corrected chi connectivity index (χ0v) is 16.3. The van der Waals surface area contributed by atoms with Gasteiger partial charge in [-0.05, 0) is 12.3 Å². The molecule has 5 nitrogen and oxygen atoms in total. The number of amides is 3. The van der Waals surface area contributed by atoms with Gasteiger partial charge in [0.2, 0.25) is 5.91 Å². The number of alkyl halides is 1. The Hall–Kier alpha value is -0.910. The van der Waals surface area contributed by atoms with Crippen molar-refractivity contribution in [3.05, 3.63) is 0 Å². The predicted molar refractivity (Wildman–Crippen MR) is 89.9 cm³/mol. The van der Waals surface area contributed by atoms with E-state index in [4.69, 9.17) is 0 Å². The fourth-order valence-electron chi connectivity index (χ4n) is 2.94. The molecule has 0 spiro atoms. The summed E-state index contributed by atoms with van der Waals surface area (Å²) in [5.74, 6) is -0.460. The average molecular weight is 375 g/mol. The summed E-state index contributed by atoms with van der Waals surface area (Å²) in [5, 5.41) is 0. The number of hydrogen-bond donors (Lipinski definition) is 0. The molecular formula is C16H27BrN2O3. The molecule has 0 bridgehead atoms. The van der Waals surface area contributed by atoms with Gasteiger partial charge in [-0.2, -0.15) is 0 Å². The normalized spacial score (nSPS) is 24.7. The molecule has 0 aliphatic carbocycles. The van der Waals surface area contributed by atoms with Crippen LogP contribution in [0.25, 0.3) is 0 Å². The van der Waals surface area contributed by atoms with Gasteiger partial charge >= 0.3 is 6.03 Å². The molecule has 1 rings (SSSR count). The van der Waals surface area contributed by atoms with E-state index in [1.807, 2.05) is 41.5 Å². The van der Waals surface area contributed by atoms with Crippen molar-refractivity contribution in [1.29, 1.82) is 0 Å². The summed E-state index contributed by atoms with van der Waals surface area (Å²) in [6.07, 6.45) is 0. The molecule has 0 aromatic heterocycles. The molecule has 1 unspecified atom stereocenters. The summed E-state index contributed by atoms with van der Waals surface area (Å²) in [4.78, 5) is 40.2. The lowest BCUT2D eigenvalue weighted by Gasteiger charge is -2.37. The van der Waals surface area contributed by atoms with Gasteiger partial charge in [-0.15, -0.1) is 0 Å². The highest BCUT2D eigenvalue weighted by Gasteiger charge is 2.56. The molecule has 22 heavy (non-hydrogen) atoms. The largest absolute Gasteiger partial charge is 0.327 e. The maximum Gasteiger partial charge on any atom is 0.327 e. The molecule has 0 aromatic carbocycles. The van der Waals surface area contributed by atoms with E-state index in [-0.39, 0.29) is 23.1 Å². The van der Waals surface area contributed by atoms with E-state index in [0.29, 0.717) is 0 Å². The van der Waals surface area contributed by atoms with Crippen molar-refractivity contribution in [2.45, 2.75) is 65.4 Å². The van der Waals surface area contributed by atoms with Crippen molar-refractivity contribution in [1.82, 2.24) is 9.80 Å². The number of rotatable bonds is 2. The number of nitrogens with zero attached hydrogens (tertiary/aromatic N) is 2. The summed E-state index contributed by atoms with van der Waals surface area (Å²) in [5.41, 5.74) is -0.950. The molecule has 0 N–H and O–H groups in total. The van der Waals surface area contributed by atoms with Crippen LogP contribution in [0, 0.1) is 10.8 Å². The summed E-state index contributed by atoms with van der Waals surface area (Å²) in [7, 11) is 1.66. The zero-order valence-electron chi connectivity index (χ0n) is 14.7. The molecule has 1 aliphatic heterocycles. The highest BCUT2D eigenvalue weighted by molar-refractivity contribution is 9.10. The average Bonchev–Trinajstić information content (AvgIpc) is 2.58. The van der Waals surface area contributed by atoms with Gasteiger partial charge < -0.3 is 4.90 Å². The maximum atomic E-state index is 13.0. The third-order valence-corrected chi connectivity index (χ3v) is 4.37. The predicted octanol–water partition coefficient (Wildman–Crippen LogP) is 3.06. The van der Waals surface area contributed by atoms with Gasteiger partial charge in [-0.3, -0.25) is 14.5 Å². The van der Waals surface area contributed by atoms with E-state index in [1.54, 1.807) is 14.0 Å². The second-order valence-electron chi connectivity index (χ2n) is 8.09. The van der Waals surface area contributed by atoms with Crippen LogP contribution in [-0.4, -0.2) is 51.5 Å². The van der Waals surface area contributed by atoms with Gasteiger partial charge in [0.15, 0.2) is 5.78 Å². The first-order chi connectivity index (χ1) is 9.71. The molecular weight excluding hydrogens is 348 g/mol. The van der Waals surface area contributed by atoms with Crippen molar-refractivity contribution in [2.24, 2.45) is 10.8 Å². The third-order valence-electron chi connectivity index (χ3n) is 3.98. The highest BCUT2D eigenvalue weighted by atomic mass is 79.9. The van der Waals surface area contributed by atoms with Crippen LogP contribution in [0.4, 0.5) is 4.79 Å². The lowest BCUT2D eigenvalue weighted by atomic mass is 9.75. The number of carbonyl (C=O) groups is 3. The first-order valence-electron chi connectivity index (χ1n) is 7.49. The first-order valence-corrected chi connectivity index (χ1v) is 8.41. The van der Waals surface area contributed by atoms with E-state index in [1.165, 1.54) is 4.90 Å². The smallest absolute Gasteiger partial charge is 0.321 e.